The molecule has 3 aromatic rings. The molecule has 5 nitrogen and oxygen atoms in total. The number of benzene rings is 3. The van der Waals surface area contributed by atoms with Crippen LogP contribution in [0.2, 0.25) is 0 Å². The lowest BCUT2D eigenvalue weighted by Gasteiger charge is -2.26. The summed E-state index contributed by atoms with van der Waals surface area (Å²) in [5.74, 6) is 2.32. The maximum absolute atomic E-state index is 10.2. The molecular weight excluding hydrogens is 416 g/mol. The highest BCUT2D eigenvalue weighted by molar-refractivity contribution is 5.41. The second kappa shape index (κ2) is 10.3. The zero-order valence-corrected chi connectivity index (χ0v) is 19.5. The monoisotopic (exact) mass is 448 g/mol. The molecular formula is C28H32O5. The van der Waals surface area contributed by atoms with Gasteiger partial charge in [0.1, 0.15) is 49.3 Å². The highest BCUT2D eigenvalue weighted by atomic mass is 16.6. The number of hydrogen-bond acceptors (Lipinski definition) is 5. The summed E-state index contributed by atoms with van der Waals surface area (Å²) in [5, 5.41) is 10.2. The average Bonchev–Trinajstić information content (AvgIpc) is 3.66. The summed E-state index contributed by atoms with van der Waals surface area (Å²) < 4.78 is 22.3. The molecule has 0 radical (unpaired) electrons. The maximum atomic E-state index is 10.2. The van der Waals surface area contributed by atoms with Crippen LogP contribution in [0, 0.1) is 6.92 Å². The lowest BCUT2D eigenvalue weighted by atomic mass is 9.78. The van der Waals surface area contributed by atoms with E-state index in [-0.39, 0.29) is 24.7 Å². The normalized spacial score (nSPS) is 16.2. The number of rotatable bonds is 11. The van der Waals surface area contributed by atoms with Gasteiger partial charge in [0.2, 0.25) is 0 Å². The van der Waals surface area contributed by atoms with Crippen molar-refractivity contribution in [3.8, 4) is 17.2 Å². The Morgan fingerprint density at radius 1 is 0.788 bits per heavy atom. The predicted molar refractivity (Wildman–Crippen MR) is 128 cm³/mol. The predicted octanol–water partition coefficient (Wildman–Crippen LogP) is 4.92. The molecule has 1 saturated heterocycles. The van der Waals surface area contributed by atoms with E-state index >= 15 is 0 Å². The van der Waals surface area contributed by atoms with Gasteiger partial charge in [-0.3, -0.25) is 0 Å². The Labute approximate surface area is 195 Å². The molecule has 4 rings (SSSR count). The van der Waals surface area contributed by atoms with Gasteiger partial charge in [-0.05, 0) is 54.4 Å². The van der Waals surface area contributed by atoms with Crippen molar-refractivity contribution in [2.45, 2.75) is 38.4 Å². The topological polar surface area (TPSA) is 60.5 Å². The van der Waals surface area contributed by atoms with Crippen molar-refractivity contribution >= 4 is 0 Å². The molecule has 0 aliphatic carbocycles. The van der Waals surface area contributed by atoms with Crippen LogP contribution in [0.3, 0.4) is 0 Å². The third-order valence-corrected chi connectivity index (χ3v) is 5.90. The van der Waals surface area contributed by atoms with Gasteiger partial charge in [-0.25, -0.2) is 0 Å². The molecule has 0 aromatic heterocycles. The number of hydrogen-bond donors (Lipinski definition) is 1. The quantitative estimate of drug-likeness (QED) is 0.422. The number of aryl methyl sites for hydroxylation is 1. The van der Waals surface area contributed by atoms with E-state index in [1.807, 2.05) is 55.5 Å². The molecule has 1 heterocycles. The molecule has 1 fully saturated rings. The Morgan fingerprint density at radius 2 is 1.21 bits per heavy atom. The first kappa shape index (κ1) is 23.1. The van der Waals surface area contributed by atoms with Gasteiger partial charge >= 0.3 is 0 Å². The molecule has 1 aliphatic heterocycles. The van der Waals surface area contributed by atoms with Crippen molar-refractivity contribution in [2.24, 2.45) is 0 Å². The van der Waals surface area contributed by atoms with Gasteiger partial charge in [0.25, 0.3) is 0 Å². The van der Waals surface area contributed by atoms with Crippen LogP contribution < -0.4 is 14.2 Å². The Bertz CT molecular complexity index is 1010. The molecule has 2 unspecified atom stereocenters. The van der Waals surface area contributed by atoms with E-state index in [0.29, 0.717) is 6.61 Å². The minimum absolute atomic E-state index is 0.169. The molecule has 5 heteroatoms. The highest BCUT2D eigenvalue weighted by Crippen LogP contribution is 2.33. The third-order valence-electron chi connectivity index (χ3n) is 5.90. The fourth-order valence-electron chi connectivity index (χ4n) is 3.52. The first-order valence-electron chi connectivity index (χ1n) is 11.4. The zero-order valence-electron chi connectivity index (χ0n) is 19.5. The van der Waals surface area contributed by atoms with Crippen LogP contribution >= 0.6 is 0 Å². The molecule has 3 aromatic carbocycles. The van der Waals surface area contributed by atoms with Crippen LogP contribution in [-0.2, 0) is 10.2 Å². The summed E-state index contributed by atoms with van der Waals surface area (Å²) in [6.07, 6.45) is -0.460. The summed E-state index contributed by atoms with van der Waals surface area (Å²) in [7, 11) is 0. The van der Waals surface area contributed by atoms with E-state index < -0.39 is 6.10 Å². The zero-order chi connectivity index (χ0) is 23.3. The Hall–Kier alpha value is -3.02. The molecule has 0 bridgehead atoms. The largest absolute Gasteiger partial charge is 0.491 e. The molecule has 2 atom stereocenters. The molecule has 0 spiro atoms. The Kier molecular flexibility index (Phi) is 7.21. The Morgan fingerprint density at radius 3 is 1.67 bits per heavy atom. The van der Waals surface area contributed by atoms with E-state index in [9.17, 15) is 5.11 Å². The van der Waals surface area contributed by atoms with E-state index in [1.165, 1.54) is 16.7 Å². The van der Waals surface area contributed by atoms with E-state index in [1.54, 1.807) is 0 Å². The van der Waals surface area contributed by atoms with Gasteiger partial charge in [-0.15, -0.1) is 0 Å². The van der Waals surface area contributed by atoms with Crippen molar-refractivity contribution in [2.75, 3.05) is 26.4 Å². The number of ether oxygens (including phenoxy) is 4. The van der Waals surface area contributed by atoms with E-state index in [4.69, 9.17) is 18.9 Å². The van der Waals surface area contributed by atoms with Crippen LogP contribution in [0.15, 0.2) is 72.8 Å². The molecule has 174 valence electrons. The van der Waals surface area contributed by atoms with Crippen LogP contribution in [0.1, 0.15) is 30.5 Å². The fraction of sp³-hybridized carbons (Fsp3) is 0.357. The van der Waals surface area contributed by atoms with Crippen LogP contribution in [0.5, 0.6) is 17.2 Å². The van der Waals surface area contributed by atoms with E-state index in [2.05, 4.69) is 38.1 Å². The second-order valence-corrected chi connectivity index (χ2v) is 9.03. The van der Waals surface area contributed by atoms with Crippen LogP contribution in [-0.4, -0.2) is 43.7 Å². The third kappa shape index (κ3) is 6.50. The molecule has 0 amide bonds. The van der Waals surface area contributed by atoms with Crippen molar-refractivity contribution in [3.63, 3.8) is 0 Å². The summed E-state index contributed by atoms with van der Waals surface area (Å²) >= 11 is 0. The summed E-state index contributed by atoms with van der Waals surface area (Å²) in [5.41, 5.74) is 3.38. The standard InChI is InChI=1S/C28H32O5/c1-20-4-10-24(11-5-20)30-16-23(29)17-31-25-12-6-21(7-13-25)28(2,3)22-8-14-26(15-9-22)32-18-27-19-33-27/h4-15,23,27,29H,16-19H2,1-3H3. The highest BCUT2D eigenvalue weighted by Gasteiger charge is 2.25. The van der Waals surface area contributed by atoms with Crippen LogP contribution in [0.4, 0.5) is 0 Å². The van der Waals surface area contributed by atoms with Crippen molar-refractivity contribution in [1.29, 1.82) is 0 Å². The fourth-order valence-corrected chi connectivity index (χ4v) is 3.52. The lowest BCUT2D eigenvalue weighted by Crippen LogP contribution is -2.25. The van der Waals surface area contributed by atoms with Gasteiger partial charge in [-0.2, -0.15) is 0 Å². The molecule has 1 N–H and O–H groups in total. The summed E-state index contributed by atoms with van der Waals surface area (Å²) in [6, 6.07) is 24.0. The van der Waals surface area contributed by atoms with E-state index in [0.717, 1.165) is 23.9 Å². The van der Waals surface area contributed by atoms with Gasteiger partial charge in [0.05, 0.1) is 6.61 Å². The van der Waals surface area contributed by atoms with Gasteiger partial charge in [0.15, 0.2) is 0 Å². The average molecular weight is 449 g/mol. The van der Waals surface area contributed by atoms with Crippen molar-refractivity contribution < 1.29 is 24.1 Å². The second-order valence-electron chi connectivity index (χ2n) is 9.03. The van der Waals surface area contributed by atoms with Gasteiger partial charge in [-0.1, -0.05) is 55.8 Å². The summed E-state index contributed by atoms with van der Waals surface area (Å²) in [6.45, 7) is 8.17. The Balaban J connectivity index is 1.27. The smallest absolute Gasteiger partial charge is 0.122 e. The SMILES string of the molecule is Cc1ccc(OCC(O)COc2ccc(C(C)(C)c3ccc(OCC4CO4)cc3)cc2)cc1. The molecule has 0 saturated carbocycles. The van der Waals surface area contributed by atoms with Crippen molar-refractivity contribution in [3.05, 3.63) is 89.5 Å². The first-order valence-corrected chi connectivity index (χ1v) is 11.4. The summed E-state index contributed by atoms with van der Waals surface area (Å²) in [4.78, 5) is 0. The number of aliphatic hydroxyl groups is 1. The first-order chi connectivity index (χ1) is 15.9. The number of epoxide rings is 1. The molecule has 33 heavy (non-hydrogen) atoms. The minimum atomic E-state index is -0.713. The minimum Gasteiger partial charge on any atom is -0.491 e. The van der Waals surface area contributed by atoms with Gasteiger partial charge < -0.3 is 24.1 Å². The molecule has 1 aliphatic rings. The van der Waals surface area contributed by atoms with Gasteiger partial charge in [0, 0.05) is 5.41 Å². The number of aliphatic hydroxyl groups excluding tert-OH is 1. The van der Waals surface area contributed by atoms with Crippen LogP contribution in [0.25, 0.3) is 0 Å². The maximum Gasteiger partial charge on any atom is 0.122 e. The lowest BCUT2D eigenvalue weighted by molar-refractivity contribution is 0.0626. The van der Waals surface area contributed by atoms with Crippen molar-refractivity contribution in [1.82, 2.24) is 0 Å².